The van der Waals surface area contributed by atoms with Crippen LogP contribution in [-0.4, -0.2) is 11.6 Å². The number of fused-ring (bicyclic) bond motifs is 3. The molecule has 0 aliphatic heterocycles. The Bertz CT molecular complexity index is 2880. The van der Waals surface area contributed by atoms with E-state index < -0.39 is 63.5 Å². The molecule has 0 N–H and O–H groups in total. The molecule has 10 heteroatoms. The van der Waals surface area contributed by atoms with Crippen molar-refractivity contribution in [3.63, 3.8) is 0 Å². The van der Waals surface area contributed by atoms with Gasteiger partial charge in [-0.3, -0.25) is 9.59 Å². The van der Waals surface area contributed by atoms with Gasteiger partial charge in [0.25, 0.3) is 0 Å². The normalized spacial score (nSPS) is 12.4. The molecular weight excluding hydrogens is 845 g/mol. The first-order valence-corrected chi connectivity index (χ1v) is 19.9. The van der Waals surface area contributed by atoms with Crippen molar-refractivity contribution in [2.75, 3.05) is 0 Å². The van der Waals surface area contributed by atoms with Crippen molar-refractivity contribution in [1.82, 2.24) is 0 Å². The van der Waals surface area contributed by atoms with Crippen molar-refractivity contribution in [2.24, 2.45) is 0 Å². The van der Waals surface area contributed by atoms with E-state index in [0.29, 0.717) is 57.6 Å². The molecule has 1 aliphatic rings. The van der Waals surface area contributed by atoms with Gasteiger partial charge in [0, 0.05) is 46.5 Å². The van der Waals surface area contributed by atoms with E-state index in [4.69, 9.17) is 0 Å². The molecule has 9 rings (SSSR count). The van der Waals surface area contributed by atoms with Gasteiger partial charge in [-0.05, 0) is 152 Å². The lowest BCUT2D eigenvalue weighted by atomic mass is 9.66. The number of halogens is 8. The van der Waals surface area contributed by atoms with Crippen LogP contribution in [0.2, 0.25) is 0 Å². The summed E-state index contributed by atoms with van der Waals surface area (Å²) in [5, 5.41) is 0. The summed E-state index contributed by atoms with van der Waals surface area (Å²) in [7, 11) is 0. The average molecular weight is 875 g/mol. The third kappa shape index (κ3) is 7.67. The molecule has 0 aromatic heterocycles. The van der Waals surface area contributed by atoms with Crippen LogP contribution in [0.15, 0.2) is 171 Å². The Kier molecular flexibility index (Phi) is 10.6. The molecular formula is C55H30F8O2. The fraction of sp³-hybridized carbons (Fsp3) is 0.0182. The van der Waals surface area contributed by atoms with Gasteiger partial charge in [-0.1, -0.05) is 61.7 Å². The average Bonchev–Trinajstić information content (AvgIpc) is 3.57. The lowest BCUT2D eigenvalue weighted by Gasteiger charge is -2.35. The standard InChI is InChI=1S/C55H30F8O2/c1-29(33-17-41(56)25-42(57)18-33)31-11-35(53(64)37-21-45(60)27-46(61)22-37)15-39(13-31)55(51-9-5-3-7-49(51)50-8-4-6-10-52(50)55)40-14-32(30(2)34-19-43(58)26-44(59)20-34)12-36(16-40)54(65)38-23-47(62)28-48(63)24-38/h3-28H,1-2H2. The highest BCUT2D eigenvalue weighted by Crippen LogP contribution is 2.57. The zero-order valence-electron chi connectivity index (χ0n) is 33.8. The topological polar surface area (TPSA) is 34.1 Å². The highest BCUT2D eigenvalue weighted by Gasteiger charge is 2.47. The summed E-state index contributed by atoms with van der Waals surface area (Å²) in [4.78, 5) is 29.0. The van der Waals surface area contributed by atoms with Gasteiger partial charge in [-0.15, -0.1) is 0 Å². The molecule has 8 aromatic rings. The molecule has 8 aromatic carbocycles. The lowest BCUT2D eigenvalue weighted by molar-refractivity contribution is 0.103. The minimum Gasteiger partial charge on any atom is -0.289 e. The molecule has 318 valence electrons. The summed E-state index contributed by atoms with van der Waals surface area (Å²) in [6.45, 7) is 8.31. The van der Waals surface area contributed by atoms with Crippen molar-refractivity contribution in [2.45, 2.75) is 5.41 Å². The van der Waals surface area contributed by atoms with E-state index in [-0.39, 0.29) is 55.7 Å². The molecule has 2 nitrogen and oxygen atoms in total. The van der Waals surface area contributed by atoms with Gasteiger partial charge < -0.3 is 0 Å². The Morgan fingerprint density at radius 2 is 0.569 bits per heavy atom. The van der Waals surface area contributed by atoms with E-state index in [1.165, 1.54) is 24.3 Å². The molecule has 0 radical (unpaired) electrons. The number of hydrogen-bond acceptors (Lipinski definition) is 2. The van der Waals surface area contributed by atoms with Gasteiger partial charge in [0.2, 0.25) is 0 Å². The summed E-state index contributed by atoms with van der Waals surface area (Å²) in [6.07, 6.45) is 0. The van der Waals surface area contributed by atoms with E-state index in [1.807, 2.05) is 24.3 Å². The van der Waals surface area contributed by atoms with E-state index in [2.05, 4.69) is 13.2 Å². The SMILES string of the molecule is C=C(c1cc(F)cc(F)c1)c1cc(C(=O)c2cc(F)cc(F)c2)cc(C2(c3cc(C(=C)c4cc(F)cc(F)c4)cc(C(=O)c4cc(F)cc(F)c4)c3)c3ccccc3-c3ccccc32)c1. The van der Waals surface area contributed by atoms with Gasteiger partial charge in [-0.25, -0.2) is 35.1 Å². The Morgan fingerprint density at radius 1 is 0.323 bits per heavy atom. The van der Waals surface area contributed by atoms with Crippen LogP contribution >= 0.6 is 0 Å². The number of ketones is 2. The van der Waals surface area contributed by atoms with Gasteiger partial charge in [0.1, 0.15) is 46.5 Å². The fourth-order valence-electron chi connectivity index (χ4n) is 8.82. The molecule has 0 amide bonds. The number of benzene rings is 8. The molecule has 0 spiro atoms. The number of carbonyl (C=O) groups is 2. The third-order valence-corrected chi connectivity index (χ3v) is 11.6. The minimum absolute atomic E-state index is 0.00644. The highest BCUT2D eigenvalue weighted by molar-refractivity contribution is 6.11. The second-order valence-electron chi connectivity index (χ2n) is 15.7. The van der Waals surface area contributed by atoms with E-state index >= 15 is 0 Å². The van der Waals surface area contributed by atoms with Gasteiger partial charge >= 0.3 is 0 Å². The monoisotopic (exact) mass is 874 g/mol. The third-order valence-electron chi connectivity index (χ3n) is 11.6. The summed E-state index contributed by atoms with van der Waals surface area (Å²) in [5.41, 5.74) is 1.08. The lowest BCUT2D eigenvalue weighted by Crippen LogP contribution is -2.30. The van der Waals surface area contributed by atoms with Gasteiger partial charge in [-0.2, -0.15) is 0 Å². The molecule has 0 atom stereocenters. The van der Waals surface area contributed by atoms with Crippen LogP contribution in [0.4, 0.5) is 35.1 Å². The van der Waals surface area contributed by atoms with E-state index in [0.717, 1.165) is 48.5 Å². The molecule has 0 fully saturated rings. The van der Waals surface area contributed by atoms with Gasteiger partial charge in [0.05, 0.1) is 5.41 Å². The summed E-state index contributed by atoms with van der Waals surface area (Å²) < 4.78 is 118. The smallest absolute Gasteiger partial charge is 0.193 e. The number of rotatable bonds is 10. The largest absolute Gasteiger partial charge is 0.289 e. The van der Waals surface area contributed by atoms with Crippen LogP contribution in [0, 0.1) is 46.5 Å². The first kappa shape index (κ1) is 42.3. The van der Waals surface area contributed by atoms with E-state index in [9.17, 15) is 44.7 Å². The van der Waals surface area contributed by atoms with Crippen LogP contribution in [0.3, 0.4) is 0 Å². The maximum Gasteiger partial charge on any atom is 0.193 e. The predicted molar refractivity (Wildman–Crippen MR) is 232 cm³/mol. The first-order chi connectivity index (χ1) is 31.1. The van der Waals surface area contributed by atoms with Crippen LogP contribution in [0.25, 0.3) is 22.3 Å². The van der Waals surface area contributed by atoms with Crippen LogP contribution < -0.4 is 0 Å². The van der Waals surface area contributed by atoms with Crippen LogP contribution in [0.5, 0.6) is 0 Å². The van der Waals surface area contributed by atoms with Crippen molar-refractivity contribution in [3.05, 3.63) is 284 Å². The Labute approximate surface area is 367 Å². The number of hydrogen-bond donors (Lipinski definition) is 0. The quantitative estimate of drug-likeness (QED) is 0.101. The maximum atomic E-state index is 14.8. The Balaban J connectivity index is 1.40. The number of carbonyl (C=O) groups excluding carboxylic acids is 2. The zero-order valence-corrected chi connectivity index (χ0v) is 33.8. The Morgan fingerprint density at radius 3 is 0.892 bits per heavy atom. The highest BCUT2D eigenvalue weighted by atomic mass is 19.2. The molecule has 1 aliphatic carbocycles. The fourth-order valence-corrected chi connectivity index (χ4v) is 8.82. The van der Waals surface area contributed by atoms with Crippen LogP contribution in [0.1, 0.15) is 76.4 Å². The first-order valence-electron chi connectivity index (χ1n) is 19.9. The summed E-state index contributed by atoms with van der Waals surface area (Å²) >= 11 is 0. The van der Waals surface area contributed by atoms with Crippen molar-refractivity contribution < 1.29 is 44.7 Å². The second-order valence-corrected chi connectivity index (χ2v) is 15.7. The summed E-state index contributed by atoms with van der Waals surface area (Å²) in [6, 6.07) is 33.7. The molecule has 0 unspecified atom stereocenters. The maximum absolute atomic E-state index is 14.8. The molecule has 65 heavy (non-hydrogen) atoms. The summed E-state index contributed by atoms with van der Waals surface area (Å²) in [5.74, 6) is -9.41. The predicted octanol–water partition coefficient (Wildman–Crippen LogP) is 13.7. The Hall–Kier alpha value is -7.98. The van der Waals surface area contributed by atoms with Crippen molar-refractivity contribution in [3.8, 4) is 11.1 Å². The minimum atomic E-state index is -1.58. The van der Waals surface area contributed by atoms with E-state index in [1.54, 1.807) is 36.4 Å². The molecule has 0 bridgehead atoms. The molecule has 0 saturated heterocycles. The van der Waals surface area contributed by atoms with Crippen molar-refractivity contribution >= 4 is 22.7 Å². The molecule has 0 saturated carbocycles. The van der Waals surface area contributed by atoms with Gasteiger partial charge in [0.15, 0.2) is 11.6 Å². The second kappa shape index (κ2) is 16.3. The zero-order chi connectivity index (χ0) is 45.9. The van der Waals surface area contributed by atoms with Crippen LogP contribution in [-0.2, 0) is 5.41 Å². The molecule has 0 heterocycles. The van der Waals surface area contributed by atoms with Crippen molar-refractivity contribution in [1.29, 1.82) is 0 Å².